The van der Waals surface area contributed by atoms with Gasteiger partial charge in [-0.05, 0) is 54.6 Å². The summed E-state index contributed by atoms with van der Waals surface area (Å²) in [5.41, 5.74) is -0.206. The highest BCUT2D eigenvalue weighted by atomic mass is 19.4. The van der Waals surface area contributed by atoms with Crippen LogP contribution in [-0.2, 0) is 22.2 Å². The van der Waals surface area contributed by atoms with E-state index in [1.54, 1.807) is 35.2 Å². The summed E-state index contributed by atoms with van der Waals surface area (Å²) in [6.07, 6.45) is -1.02. The largest absolute Gasteiger partial charge is 0.478 e. The number of aromatic nitrogens is 2. The van der Waals surface area contributed by atoms with E-state index in [1.165, 1.54) is 24.5 Å². The van der Waals surface area contributed by atoms with Crippen LogP contribution in [0.3, 0.4) is 0 Å². The second kappa shape index (κ2) is 10.5. The quantitative estimate of drug-likeness (QED) is 0.466. The number of hydrogen-bond donors (Lipinski definition) is 2. The van der Waals surface area contributed by atoms with Crippen LogP contribution in [0.25, 0.3) is 0 Å². The summed E-state index contributed by atoms with van der Waals surface area (Å²) in [5.74, 6) is 0.0237. The summed E-state index contributed by atoms with van der Waals surface area (Å²) < 4.78 is 44.9. The third-order valence-electron chi connectivity index (χ3n) is 6.86. The van der Waals surface area contributed by atoms with Crippen LogP contribution in [0.5, 0.6) is 5.75 Å². The predicted molar refractivity (Wildman–Crippen MR) is 133 cm³/mol. The Hall–Kier alpha value is -3.83. The lowest BCUT2D eigenvalue weighted by atomic mass is 9.91. The Balaban J connectivity index is 1.33. The number of anilines is 2. The molecule has 2 aliphatic rings. The van der Waals surface area contributed by atoms with Crippen molar-refractivity contribution < 1.29 is 27.5 Å². The fraction of sp³-hybridized carbons (Fsp3) is 0.333. The minimum absolute atomic E-state index is 0.0509. The molecular formula is C27H26F3N5O3. The number of amides is 1. The summed E-state index contributed by atoms with van der Waals surface area (Å²) in [4.78, 5) is 28.1. The van der Waals surface area contributed by atoms with Crippen LogP contribution in [-0.4, -0.2) is 53.7 Å². The SMILES string of the molecule is O=C(C1CNC1)N(c1ccc(O[C@]2(C(=O)Cc3ccc(C(F)(F)F)cc3)CCNC2)cc1)c1ccnnc1. The van der Waals surface area contributed by atoms with Gasteiger partial charge in [0.1, 0.15) is 5.75 Å². The average Bonchev–Trinajstić information content (AvgIpc) is 3.34. The number of hydrogen-bond acceptors (Lipinski definition) is 7. The normalized spacial score (nSPS) is 19.6. The Morgan fingerprint density at radius 2 is 1.71 bits per heavy atom. The van der Waals surface area contributed by atoms with E-state index in [4.69, 9.17) is 4.74 Å². The molecule has 0 bridgehead atoms. The van der Waals surface area contributed by atoms with Gasteiger partial charge in [0.25, 0.3) is 0 Å². The fourth-order valence-corrected chi connectivity index (χ4v) is 4.56. The van der Waals surface area contributed by atoms with Crippen LogP contribution >= 0.6 is 0 Å². The number of ketones is 1. The highest BCUT2D eigenvalue weighted by molar-refractivity contribution is 6.02. The summed E-state index contributed by atoms with van der Waals surface area (Å²) in [6.45, 7) is 2.07. The number of carbonyl (C=O) groups excluding carboxylic acids is 2. The van der Waals surface area contributed by atoms with E-state index in [1.807, 2.05) is 0 Å². The topological polar surface area (TPSA) is 96.5 Å². The maximum Gasteiger partial charge on any atom is 0.416 e. The molecule has 8 nitrogen and oxygen atoms in total. The average molecular weight is 526 g/mol. The molecule has 1 aromatic heterocycles. The molecule has 2 aromatic carbocycles. The highest BCUT2D eigenvalue weighted by Crippen LogP contribution is 2.33. The molecule has 0 aliphatic carbocycles. The number of ether oxygens (including phenoxy) is 1. The van der Waals surface area contributed by atoms with Crippen molar-refractivity contribution >= 4 is 23.1 Å². The number of benzene rings is 2. The van der Waals surface area contributed by atoms with Crippen LogP contribution in [0.2, 0.25) is 0 Å². The fourth-order valence-electron chi connectivity index (χ4n) is 4.56. The van der Waals surface area contributed by atoms with E-state index in [2.05, 4.69) is 20.8 Å². The molecule has 5 rings (SSSR count). The third-order valence-corrected chi connectivity index (χ3v) is 6.86. The van der Waals surface area contributed by atoms with Gasteiger partial charge in [-0.2, -0.15) is 23.4 Å². The number of Topliss-reactive ketones (excluding diaryl/α,β-unsaturated/α-hetero) is 1. The minimum Gasteiger partial charge on any atom is -0.478 e. The number of alkyl halides is 3. The zero-order valence-electron chi connectivity index (χ0n) is 20.4. The second-order valence-electron chi connectivity index (χ2n) is 9.44. The van der Waals surface area contributed by atoms with Crippen molar-refractivity contribution in [2.75, 3.05) is 31.1 Å². The van der Waals surface area contributed by atoms with Crippen molar-refractivity contribution in [3.05, 3.63) is 78.1 Å². The summed E-state index contributed by atoms with van der Waals surface area (Å²) in [6, 6.07) is 13.2. The molecule has 11 heteroatoms. The number of nitrogens with zero attached hydrogens (tertiary/aromatic N) is 3. The van der Waals surface area contributed by atoms with Crippen molar-refractivity contribution in [1.29, 1.82) is 0 Å². The first-order valence-corrected chi connectivity index (χ1v) is 12.3. The molecule has 2 saturated heterocycles. The van der Waals surface area contributed by atoms with E-state index in [0.29, 0.717) is 48.7 Å². The molecule has 198 valence electrons. The number of rotatable bonds is 8. The van der Waals surface area contributed by atoms with E-state index >= 15 is 0 Å². The maximum absolute atomic E-state index is 13.3. The summed E-state index contributed by atoms with van der Waals surface area (Å²) in [5, 5.41) is 14.0. The van der Waals surface area contributed by atoms with Gasteiger partial charge in [-0.1, -0.05) is 12.1 Å². The van der Waals surface area contributed by atoms with Gasteiger partial charge < -0.3 is 15.4 Å². The van der Waals surface area contributed by atoms with Gasteiger partial charge in [0.05, 0.1) is 29.6 Å². The number of halogens is 3. The van der Waals surface area contributed by atoms with Crippen LogP contribution in [0.1, 0.15) is 17.5 Å². The van der Waals surface area contributed by atoms with Crippen molar-refractivity contribution in [3.8, 4) is 5.75 Å². The summed E-state index contributed by atoms with van der Waals surface area (Å²) in [7, 11) is 0. The van der Waals surface area contributed by atoms with Gasteiger partial charge in [-0.25, -0.2) is 0 Å². The Bertz CT molecular complexity index is 1270. The lowest BCUT2D eigenvalue weighted by Gasteiger charge is -2.32. The van der Waals surface area contributed by atoms with E-state index in [0.717, 1.165) is 12.1 Å². The predicted octanol–water partition coefficient (Wildman–Crippen LogP) is 3.30. The smallest absolute Gasteiger partial charge is 0.416 e. The Morgan fingerprint density at radius 3 is 2.26 bits per heavy atom. The molecule has 0 radical (unpaired) electrons. The first-order valence-electron chi connectivity index (χ1n) is 12.3. The van der Waals surface area contributed by atoms with Crippen molar-refractivity contribution in [2.24, 2.45) is 5.92 Å². The van der Waals surface area contributed by atoms with Crippen LogP contribution in [0.4, 0.5) is 24.5 Å². The molecule has 0 saturated carbocycles. The Morgan fingerprint density at radius 1 is 0.974 bits per heavy atom. The van der Waals surface area contributed by atoms with Crippen LogP contribution in [0.15, 0.2) is 67.0 Å². The van der Waals surface area contributed by atoms with E-state index in [9.17, 15) is 22.8 Å². The van der Waals surface area contributed by atoms with Crippen molar-refractivity contribution in [1.82, 2.24) is 20.8 Å². The molecule has 1 atom stereocenters. The lowest BCUT2D eigenvalue weighted by molar-refractivity contribution is -0.137. The maximum atomic E-state index is 13.3. The van der Waals surface area contributed by atoms with Gasteiger partial charge in [0, 0.05) is 38.2 Å². The number of nitrogens with one attached hydrogen (secondary N) is 2. The zero-order valence-corrected chi connectivity index (χ0v) is 20.4. The summed E-state index contributed by atoms with van der Waals surface area (Å²) >= 11 is 0. The van der Waals surface area contributed by atoms with E-state index < -0.39 is 17.3 Å². The molecular weight excluding hydrogens is 499 g/mol. The standard InChI is InChI=1S/C27H26F3N5O3/c28-27(29,30)20-3-1-18(2-4-20)13-24(36)26(10-12-31-17-26)38-23-7-5-21(6-8-23)35(22-9-11-33-34-16-22)25(37)19-14-32-15-19/h1-9,11,16,19,31-32H,10,12-15,17H2/t26-/m1/s1. The van der Waals surface area contributed by atoms with Gasteiger partial charge in [0.2, 0.25) is 5.91 Å². The van der Waals surface area contributed by atoms with Gasteiger partial charge in [-0.15, -0.1) is 0 Å². The van der Waals surface area contributed by atoms with Crippen LogP contribution < -0.4 is 20.3 Å². The van der Waals surface area contributed by atoms with Gasteiger partial charge in [0.15, 0.2) is 11.4 Å². The zero-order chi connectivity index (χ0) is 26.8. The molecule has 38 heavy (non-hydrogen) atoms. The second-order valence-corrected chi connectivity index (χ2v) is 9.44. The van der Waals surface area contributed by atoms with Gasteiger partial charge >= 0.3 is 6.18 Å². The molecule has 0 unspecified atom stereocenters. The minimum atomic E-state index is -4.43. The third kappa shape index (κ3) is 5.39. The van der Waals surface area contributed by atoms with Crippen molar-refractivity contribution in [3.63, 3.8) is 0 Å². The molecule has 3 aromatic rings. The first-order chi connectivity index (χ1) is 18.2. The first kappa shape index (κ1) is 25.8. The highest BCUT2D eigenvalue weighted by Gasteiger charge is 2.43. The van der Waals surface area contributed by atoms with Crippen LogP contribution in [0, 0.1) is 5.92 Å². The van der Waals surface area contributed by atoms with Gasteiger partial charge in [-0.3, -0.25) is 14.5 Å². The monoisotopic (exact) mass is 525 g/mol. The number of carbonyl (C=O) groups is 2. The Labute approximate surface area is 217 Å². The molecule has 2 fully saturated rings. The van der Waals surface area contributed by atoms with Crippen molar-refractivity contribution in [2.45, 2.75) is 24.6 Å². The Kier molecular flexibility index (Phi) is 7.13. The molecule has 0 spiro atoms. The lowest BCUT2D eigenvalue weighted by Crippen LogP contribution is -2.51. The molecule has 3 heterocycles. The molecule has 2 N–H and O–H groups in total. The van der Waals surface area contributed by atoms with E-state index in [-0.39, 0.29) is 30.6 Å². The molecule has 1 amide bonds. The molecule has 2 aliphatic heterocycles.